The molecule has 84 valence electrons. The highest BCUT2D eigenvalue weighted by Gasteiger charge is 2.27. The summed E-state index contributed by atoms with van der Waals surface area (Å²) in [6, 6.07) is 2.59. The number of nitrogens with one attached hydrogen (secondary N) is 1. The van der Waals surface area contributed by atoms with Crippen molar-refractivity contribution in [1.29, 1.82) is 0 Å². The SMILES string of the molecule is NC(CCNCc1cc(Br)cs1)C1CC1. The lowest BCUT2D eigenvalue weighted by Gasteiger charge is -2.09. The lowest BCUT2D eigenvalue weighted by atomic mass is 10.1. The largest absolute Gasteiger partial charge is 0.327 e. The van der Waals surface area contributed by atoms with Gasteiger partial charge in [-0.3, -0.25) is 0 Å². The highest BCUT2D eigenvalue weighted by atomic mass is 79.9. The summed E-state index contributed by atoms with van der Waals surface area (Å²) < 4.78 is 1.18. The van der Waals surface area contributed by atoms with E-state index >= 15 is 0 Å². The molecule has 1 fully saturated rings. The number of rotatable bonds is 6. The summed E-state index contributed by atoms with van der Waals surface area (Å²) in [5.41, 5.74) is 6.02. The van der Waals surface area contributed by atoms with Gasteiger partial charge in [-0.2, -0.15) is 0 Å². The Balaban J connectivity index is 1.58. The van der Waals surface area contributed by atoms with Crippen LogP contribution in [0.1, 0.15) is 24.1 Å². The predicted molar refractivity (Wildman–Crippen MR) is 69.0 cm³/mol. The summed E-state index contributed by atoms with van der Waals surface area (Å²) in [6.07, 6.45) is 3.80. The molecular formula is C11H17BrN2S. The second-order valence-electron chi connectivity index (χ2n) is 4.20. The predicted octanol–water partition coefficient (Wildman–Crippen LogP) is 2.73. The van der Waals surface area contributed by atoms with Crippen LogP contribution in [0.4, 0.5) is 0 Å². The molecule has 2 nitrogen and oxygen atoms in total. The normalized spacial score (nSPS) is 18.0. The Hall–Kier alpha value is 0.1000. The van der Waals surface area contributed by atoms with E-state index in [1.165, 1.54) is 22.2 Å². The van der Waals surface area contributed by atoms with Gasteiger partial charge in [0, 0.05) is 27.3 Å². The summed E-state index contributed by atoms with van der Waals surface area (Å²) in [5.74, 6) is 0.822. The topological polar surface area (TPSA) is 38.0 Å². The maximum atomic E-state index is 6.02. The molecule has 2 rings (SSSR count). The maximum Gasteiger partial charge on any atom is 0.0300 e. The lowest BCUT2D eigenvalue weighted by Crippen LogP contribution is -2.27. The van der Waals surface area contributed by atoms with E-state index in [2.05, 4.69) is 32.7 Å². The van der Waals surface area contributed by atoms with Gasteiger partial charge in [-0.25, -0.2) is 0 Å². The van der Waals surface area contributed by atoms with E-state index in [1.54, 1.807) is 11.3 Å². The van der Waals surface area contributed by atoms with E-state index in [0.29, 0.717) is 6.04 Å². The average molecular weight is 289 g/mol. The molecule has 1 atom stereocenters. The van der Waals surface area contributed by atoms with Gasteiger partial charge >= 0.3 is 0 Å². The Bertz CT molecular complexity index is 309. The number of thiophene rings is 1. The van der Waals surface area contributed by atoms with E-state index in [1.807, 2.05) is 0 Å². The molecule has 1 aliphatic carbocycles. The van der Waals surface area contributed by atoms with Crippen molar-refractivity contribution in [3.63, 3.8) is 0 Å². The molecule has 3 N–H and O–H groups in total. The van der Waals surface area contributed by atoms with Crippen molar-refractivity contribution < 1.29 is 0 Å². The molecule has 1 saturated carbocycles. The molecule has 4 heteroatoms. The standard InChI is InChI=1S/C11H17BrN2S/c12-9-5-10(15-7-9)6-14-4-3-11(13)8-1-2-8/h5,7-8,11,14H,1-4,6,13H2. The third-order valence-corrected chi connectivity index (χ3v) is 4.50. The fourth-order valence-electron chi connectivity index (χ4n) is 1.69. The molecule has 1 unspecified atom stereocenters. The van der Waals surface area contributed by atoms with Crippen molar-refractivity contribution in [3.05, 3.63) is 20.8 Å². The summed E-state index contributed by atoms with van der Waals surface area (Å²) in [4.78, 5) is 1.38. The summed E-state index contributed by atoms with van der Waals surface area (Å²) in [6.45, 7) is 2.00. The van der Waals surface area contributed by atoms with Gasteiger partial charge in [-0.05, 0) is 53.7 Å². The molecule has 0 radical (unpaired) electrons. The quantitative estimate of drug-likeness (QED) is 0.790. The first-order valence-corrected chi connectivity index (χ1v) is 7.12. The molecule has 1 aromatic rings. The van der Waals surface area contributed by atoms with Crippen LogP contribution in [-0.2, 0) is 6.54 Å². The van der Waals surface area contributed by atoms with Gasteiger partial charge in [0.1, 0.15) is 0 Å². The van der Waals surface area contributed by atoms with E-state index in [0.717, 1.165) is 25.4 Å². The van der Waals surface area contributed by atoms with Crippen molar-refractivity contribution in [2.45, 2.75) is 31.8 Å². The maximum absolute atomic E-state index is 6.02. The minimum Gasteiger partial charge on any atom is -0.327 e. The molecule has 15 heavy (non-hydrogen) atoms. The van der Waals surface area contributed by atoms with Gasteiger partial charge < -0.3 is 11.1 Å². The molecule has 0 amide bonds. The Morgan fingerprint density at radius 1 is 1.60 bits per heavy atom. The van der Waals surface area contributed by atoms with Crippen LogP contribution in [0, 0.1) is 5.92 Å². The van der Waals surface area contributed by atoms with Gasteiger partial charge in [0.2, 0.25) is 0 Å². The first-order chi connectivity index (χ1) is 7.25. The smallest absolute Gasteiger partial charge is 0.0300 e. The monoisotopic (exact) mass is 288 g/mol. The fourth-order valence-corrected chi connectivity index (χ4v) is 3.11. The van der Waals surface area contributed by atoms with Gasteiger partial charge in [0.15, 0.2) is 0 Å². The van der Waals surface area contributed by atoms with Crippen LogP contribution in [0.2, 0.25) is 0 Å². The molecule has 1 aliphatic rings. The first kappa shape index (κ1) is 11.6. The van der Waals surface area contributed by atoms with Gasteiger partial charge in [0.05, 0.1) is 0 Å². The molecule has 1 aromatic heterocycles. The minimum absolute atomic E-state index is 0.424. The zero-order chi connectivity index (χ0) is 10.7. The molecule has 0 saturated heterocycles. The van der Waals surface area contributed by atoms with Crippen LogP contribution in [0.15, 0.2) is 15.9 Å². The fraction of sp³-hybridized carbons (Fsp3) is 0.636. The molecule has 0 spiro atoms. The van der Waals surface area contributed by atoms with E-state index < -0.39 is 0 Å². The average Bonchev–Trinajstić information content (AvgIpc) is 2.98. The Morgan fingerprint density at radius 3 is 3.00 bits per heavy atom. The van der Waals surface area contributed by atoms with Crippen LogP contribution < -0.4 is 11.1 Å². The Morgan fingerprint density at radius 2 is 2.40 bits per heavy atom. The van der Waals surface area contributed by atoms with Crippen molar-refractivity contribution >= 4 is 27.3 Å². The number of halogens is 1. The van der Waals surface area contributed by atoms with E-state index in [-0.39, 0.29) is 0 Å². The Kier molecular flexibility index (Phi) is 4.20. The van der Waals surface area contributed by atoms with Crippen molar-refractivity contribution in [2.24, 2.45) is 11.7 Å². The number of hydrogen-bond donors (Lipinski definition) is 2. The minimum atomic E-state index is 0.424. The van der Waals surface area contributed by atoms with E-state index in [4.69, 9.17) is 5.73 Å². The molecule has 0 aliphatic heterocycles. The third-order valence-electron chi connectivity index (χ3n) is 2.80. The third kappa shape index (κ3) is 3.87. The second-order valence-corrected chi connectivity index (χ2v) is 6.11. The van der Waals surface area contributed by atoms with Crippen molar-refractivity contribution in [1.82, 2.24) is 5.32 Å². The zero-order valence-electron chi connectivity index (χ0n) is 8.71. The first-order valence-electron chi connectivity index (χ1n) is 5.45. The van der Waals surface area contributed by atoms with Gasteiger partial charge in [-0.15, -0.1) is 11.3 Å². The van der Waals surface area contributed by atoms with Gasteiger partial charge in [-0.1, -0.05) is 0 Å². The molecular weight excluding hydrogens is 272 g/mol. The summed E-state index contributed by atoms with van der Waals surface area (Å²) in [7, 11) is 0. The van der Waals surface area contributed by atoms with Gasteiger partial charge in [0.25, 0.3) is 0 Å². The molecule has 0 aromatic carbocycles. The highest BCUT2D eigenvalue weighted by Crippen LogP contribution is 2.32. The summed E-state index contributed by atoms with van der Waals surface area (Å²) >= 11 is 5.24. The molecule has 1 heterocycles. The van der Waals surface area contributed by atoms with Crippen LogP contribution >= 0.6 is 27.3 Å². The second kappa shape index (κ2) is 5.43. The van der Waals surface area contributed by atoms with Crippen LogP contribution in [0.5, 0.6) is 0 Å². The number of hydrogen-bond acceptors (Lipinski definition) is 3. The highest BCUT2D eigenvalue weighted by molar-refractivity contribution is 9.10. The summed E-state index contributed by atoms with van der Waals surface area (Å²) in [5, 5.41) is 5.56. The number of nitrogens with two attached hydrogens (primary N) is 1. The van der Waals surface area contributed by atoms with E-state index in [9.17, 15) is 0 Å². The zero-order valence-corrected chi connectivity index (χ0v) is 11.1. The molecule has 0 bridgehead atoms. The van der Waals surface area contributed by atoms with Crippen LogP contribution in [-0.4, -0.2) is 12.6 Å². The van der Waals surface area contributed by atoms with Crippen molar-refractivity contribution in [3.8, 4) is 0 Å². The van der Waals surface area contributed by atoms with Crippen molar-refractivity contribution in [2.75, 3.05) is 6.54 Å². The van der Waals surface area contributed by atoms with Crippen LogP contribution in [0.25, 0.3) is 0 Å². The Labute approximate surface area is 103 Å². The lowest BCUT2D eigenvalue weighted by molar-refractivity contribution is 0.518. The van der Waals surface area contributed by atoms with Crippen LogP contribution in [0.3, 0.4) is 0 Å².